The summed E-state index contributed by atoms with van der Waals surface area (Å²) in [5.74, 6) is 0.819. The third kappa shape index (κ3) is 4.16. The Labute approximate surface area is 135 Å². The molecule has 0 fully saturated rings. The van der Waals surface area contributed by atoms with E-state index in [2.05, 4.69) is 42.8 Å². The third-order valence-electron chi connectivity index (χ3n) is 3.50. The molecule has 0 aliphatic rings. The van der Waals surface area contributed by atoms with E-state index in [0.717, 1.165) is 16.3 Å². The van der Waals surface area contributed by atoms with Crippen molar-refractivity contribution < 1.29 is 4.74 Å². The average molecular weight is 322 g/mol. The molecule has 2 aromatic rings. The zero-order valence-electron chi connectivity index (χ0n) is 12.5. The van der Waals surface area contributed by atoms with Crippen LogP contribution in [-0.2, 0) is 6.54 Å². The topological polar surface area (TPSA) is 21.3 Å². The highest BCUT2D eigenvalue weighted by Crippen LogP contribution is 2.27. The molecule has 2 aromatic carbocycles. The molecule has 0 aliphatic heterocycles. The van der Waals surface area contributed by atoms with Crippen LogP contribution >= 0.6 is 23.4 Å². The van der Waals surface area contributed by atoms with Crippen molar-refractivity contribution in [2.45, 2.75) is 24.4 Å². The van der Waals surface area contributed by atoms with Crippen LogP contribution in [0.2, 0.25) is 5.02 Å². The SMILES string of the molecule is COc1cccc(Cl)c1CNC(C)c1ccc(SC)cc1. The molecule has 0 heterocycles. The van der Waals surface area contributed by atoms with E-state index in [1.165, 1.54) is 10.5 Å². The predicted molar refractivity (Wildman–Crippen MR) is 91.5 cm³/mol. The lowest BCUT2D eigenvalue weighted by molar-refractivity contribution is 0.406. The van der Waals surface area contributed by atoms with Crippen LogP contribution in [0, 0.1) is 0 Å². The van der Waals surface area contributed by atoms with Crippen molar-refractivity contribution in [1.29, 1.82) is 0 Å². The first-order valence-electron chi connectivity index (χ1n) is 6.84. The molecule has 2 nitrogen and oxygen atoms in total. The summed E-state index contributed by atoms with van der Waals surface area (Å²) in [5.41, 5.74) is 2.26. The van der Waals surface area contributed by atoms with Gasteiger partial charge in [-0.3, -0.25) is 0 Å². The van der Waals surface area contributed by atoms with E-state index in [1.54, 1.807) is 18.9 Å². The van der Waals surface area contributed by atoms with Crippen LogP contribution in [0.1, 0.15) is 24.1 Å². The van der Waals surface area contributed by atoms with E-state index in [1.807, 2.05) is 18.2 Å². The minimum absolute atomic E-state index is 0.252. The summed E-state index contributed by atoms with van der Waals surface area (Å²) >= 11 is 8.01. The first-order valence-corrected chi connectivity index (χ1v) is 8.44. The maximum atomic E-state index is 6.25. The Morgan fingerprint density at radius 1 is 1.19 bits per heavy atom. The molecule has 112 valence electrons. The number of methoxy groups -OCH3 is 1. The normalized spacial score (nSPS) is 12.2. The molecule has 1 unspecified atom stereocenters. The molecule has 0 amide bonds. The highest BCUT2D eigenvalue weighted by atomic mass is 35.5. The second kappa shape index (κ2) is 7.74. The van der Waals surface area contributed by atoms with Gasteiger partial charge in [0.1, 0.15) is 5.75 Å². The van der Waals surface area contributed by atoms with Gasteiger partial charge in [-0.1, -0.05) is 29.8 Å². The lowest BCUT2D eigenvalue weighted by atomic mass is 10.1. The Kier molecular flexibility index (Phi) is 5.97. The summed E-state index contributed by atoms with van der Waals surface area (Å²) in [7, 11) is 1.67. The van der Waals surface area contributed by atoms with Crippen LogP contribution < -0.4 is 10.1 Å². The molecule has 0 spiro atoms. The maximum absolute atomic E-state index is 6.25. The van der Waals surface area contributed by atoms with Crippen LogP contribution in [-0.4, -0.2) is 13.4 Å². The Morgan fingerprint density at radius 2 is 1.90 bits per heavy atom. The lowest BCUT2D eigenvalue weighted by Crippen LogP contribution is -2.18. The number of ether oxygens (including phenoxy) is 1. The largest absolute Gasteiger partial charge is 0.496 e. The summed E-state index contributed by atoms with van der Waals surface area (Å²) in [6, 6.07) is 14.6. The first kappa shape index (κ1) is 16.2. The lowest BCUT2D eigenvalue weighted by Gasteiger charge is -2.17. The highest BCUT2D eigenvalue weighted by Gasteiger charge is 2.10. The van der Waals surface area contributed by atoms with Crippen LogP contribution in [0.4, 0.5) is 0 Å². The molecule has 0 saturated heterocycles. The summed E-state index contributed by atoms with van der Waals surface area (Å²) in [4.78, 5) is 1.28. The second-order valence-electron chi connectivity index (χ2n) is 4.80. The van der Waals surface area contributed by atoms with E-state index in [-0.39, 0.29) is 6.04 Å². The zero-order chi connectivity index (χ0) is 15.2. The number of nitrogens with one attached hydrogen (secondary N) is 1. The van der Waals surface area contributed by atoms with E-state index in [0.29, 0.717) is 6.54 Å². The summed E-state index contributed by atoms with van der Waals surface area (Å²) in [5, 5.41) is 4.23. The van der Waals surface area contributed by atoms with Crippen LogP contribution in [0.25, 0.3) is 0 Å². The number of rotatable bonds is 6. The first-order chi connectivity index (χ1) is 10.2. The van der Waals surface area contributed by atoms with E-state index in [9.17, 15) is 0 Å². The zero-order valence-corrected chi connectivity index (χ0v) is 14.1. The van der Waals surface area contributed by atoms with Crippen molar-refractivity contribution >= 4 is 23.4 Å². The van der Waals surface area contributed by atoms with Gasteiger partial charge in [-0.25, -0.2) is 0 Å². The van der Waals surface area contributed by atoms with Crippen molar-refractivity contribution in [3.05, 3.63) is 58.6 Å². The second-order valence-corrected chi connectivity index (χ2v) is 6.08. The highest BCUT2D eigenvalue weighted by molar-refractivity contribution is 7.98. The minimum atomic E-state index is 0.252. The van der Waals surface area contributed by atoms with E-state index in [4.69, 9.17) is 16.3 Å². The number of thioether (sulfide) groups is 1. The predicted octanol–water partition coefficient (Wildman–Crippen LogP) is 4.92. The number of hydrogen-bond donors (Lipinski definition) is 1. The number of benzene rings is 2. The molecular formula is C17H20ClNOS. The van der Waals surface area contributed by atoms with Gasteiger partial charge in [-0.15, -0.1) is 11.8 Å². The van der Waals surface area contributed by atoms with Gasteiger partial charge < -0.3 is 10.1 Å². The Hall–Kier alpha value is -1.16. The van der Waals surface area contributed by atoms with Gasteiger partial charge in [-0.2, -0.15) is 0 Å². The van der Waals surface area contributed by atoms with Crippen LogP contribution in [0.5, 0.6) is 5.75 Å². The maximum Gasteiger partial charge on any atom is 0.124 e. The van der Waals surface area contributed by atoms with Crippen molar-refractivity contribution in [3.63, 3.8) is 0 Å². The standard InChI is InChI=1S/C17H20ClNOS/c1-12(13-7-9-14(21-3)10-8-13)19-11-15-16(18)5-4-6-17(15)20-2/h4-10,12,19H,11H2,1-3H3. The minimum Gasteiger partial charge on any atom is -0.496 e. The number of hydrogen-bond acceptors (Lipinski definition) is 3. The van der Waals surface area contributed by atoms with Crippen molar-refractivity contribution in [2.75, 3.05) is 13.4 Å². The Bertz CT molecular complexity index is 586. The van der Waals surface area contributed by atoms with E-state index >= 15 is 0 Å². The molecule has 0 bridgehead atoms. The molecule has 0 aliphatic carbocycles. The molecule has 21 heavy (non-hydrogen) atoms. The van der Waals surface area contributed by atoms with Gasteiger partial charge in [0.2, 0.25) is 0 Å². The average Bonchev–Trinajstić information content (AvgIpc) is 2.53. The van der Waals surface area contributed by atoms with Crippen LogP contribution in [0.15, 0.2) is 47.4 Å². The molecule has 0 radical (unpaired) electrons. The third-order valence-corrected chi connectivity index (χ3v) is 4.59. The van der Waals surface area contributed by atoms with Crippen molar-refractivity contribution in [1.82, 2.24) is 5.32 Å². The van der Waals surface area contributed by atoms with E-state index < -0.39 is 0 Å². The summed E-state index contributed by atoms with van der Waals surface area (Å²) in [6.45, 7) is 2.83. The molecule has 2 rings (SSSR count). The molecule has 1 atom stereocenters. The van der Waals surface area contributed by atoms with Gasteiger partial charge in [-0.05, 0) is 43.0 Å². The van der Waals surface area contributed by atoms with Gasteiger partial charge in [0.05, 0.1) is 7.11 Å². The molecule has 0 aromatic heterocycles. The molecule has 0 saturated carbocycles. The summed E-state index contributed by atoms with van der Waals surface area (Å²) < 4.78 is 5.37. The quantitative estimate of drug-likeness (QED) is 0.763. The van der Waals surface area contributed by atoms with Gasteiger partial charge in [0.15, 0.2) is 0 Å². The fourth-order valence-electron chi connectivity index (χ4n) is 2.17. The number of halogens is 1. The fraction of sp³-hybridized carbons (Fsp3) is 0.294. The van der Waals surface area contributed by atoms with Gasteiger partial charge >= 0.3 is 0 Å². The Morgan fingerprint density at radius 3 is 2.52 bits per heavy atom. The fourth-order valence-corrected chi connectivity index (χ4v) is 2.81. The monoisotopic (exact) mass is 321 g/mol. The van der Waals surface area contributed by atoms with Crippen molar-refractivity contribution in [2.24, 2.45) is 0 Å². The van der Waals surface area contributed by atoms with Crippen LogP contribution in [0.3, 0.4) is 0 Å². The summed E-state index contributed by atoms with van der Waals surface area (Å²) in [6.07, 6.45) is 2.08. The smallest absolute Gasteiger partial charge is 0.124 e. The van der Waals surface area contributed by atoms with Crippen molar-refractivity contribution in [3.8, 4) is 5.75 Å². The van der Waals surface area contributed by atoms with Gasteiger partial charge in [0, 0.05) is 28.1 Å². The molecule has 1 N–H and O–H groups in total. The molecule has 4 heteroatoms. The Balaban J connectivity index is 2.05. The van der Waals surface area contributed by atoms with Gasteiger partial charge in [0.25, 0.3) is 0 Å². The molecular weight excluding hydrogens is 302 g/mol.